The first-order valence-electron chi connectivity index (χ1n) is 7.45. The number of ether oxygens (including phenoxy) is 1. The van der Waals surface area contributed by atoms with Crippen LogP contribution in [0.15, 0.2) is 4.52 Å². The van der Waals surface area contributed by atoms with Crippen LogP contribution in [0.25, 0.3) is 0 Å². The van der Waals surface area contributed by atoms with Gasteiger partial charge in [0.05, 0.1) is 18.1 Å². The topological polar surface area (TPSA) is 68.4 Å². The number of hydrogen-bond acceptors (Lipinski definition) is 5. The molecule has 3 unspecified atom stereocenters. The van der Waals surface area contributed by atoms with Crippen LogP contribution in [0.4, 0.5) is 0 Å². The fourth-order valence-corrected chi connectivity index (χ4v) is 3.07. The molecule has 0 bridgehead atoms. The first kappa shape index (κ1) is 13.1. The van der Waals surface area contributed by atoms with Crippen molar-refractivity contribution >= 4 is 0 Å². The van der Waals surface area contributed by atoms with E-state index in [4.69, 9.17) is 9.26 Å². The second-order valence-electron chi connectivity index (χ2n) is 5.70. The SMILES string of the molecule is OC1CCCCC1c1nc(CC2CCCCO2)no1. The van der Waals surface area contributed by atoms with Gasteiger partial charge in [-0.15, -0.1) is 0 Å². The fraction of sp³-hybridized carbons (Fsp3) is 0.857. The normalized spacial score (nSPS) is 32.4. The van der Waals surface area contributed by atoms with Gasteiger partial charge in [0, 0.05) is 13.0 Å². The lowest BCUT2D eigenvalue weighted by molar-refractivity contribution is 0.0153. The molecule has 2 aliphatic rings. The highest BCUT2D eigenvalue weighted by Crippen LogP contribution is 2.32. The molecular formula is C14H22N2O3. The predicted octanol–water partition coefficient (Wildman–Crippen LogP) is 2.20. The molecule has 1 saturated heterocycles. The summed E-state index contributed by atoms with van der Waals surface area (Å²) in [7, 11) is 0. The van der Waals surface area contributed by atoms with E-state index < -0.39 is 0 Å². The van der Waals surface area contributed by atoms with Crippen molar-refractivity contribution in [3.05, 3.63) is 11.7 Å². The van der Waals surface area contributed by atoms with E-state index in [9.17, 15) is 5.11 Å². The molecule has 5 heteroatoms. The van der Waals surface area contributed by atoms with Gasteiger partial charge in [-0.1, -0.05) is 18.0 Å². The van der Waals surface area contributed by atoms with Crippen LogP contribution in [-0.2, 0) is 11.2 Å². The Kier molecular flexibility index (Phi) is 4.13. The Bertz CT molecular complexity index is 401. The lowest BCUT2D eigenvalue weighted by Crippen LogP contribution is -2.23. The van der Waals surface area contributed by atoms with E-state index in [0.29, 0.717) is 5.89 Å². The zero-order valence-corrected chi connectivity index (χ0v) is 11.3. The Hall–Kier alpha value is -0.940. The molecule has 1 N–H and O–H groups in total. The second kappa shape index (κ2) is 6.01. The van der Waals surface area contributed by atoms with Crippen molar-refractivity contribution in [1.82, 2.24) is 10.1 Å². The maximum absolute atomic E-state index is 10.0. The lowest BCUT2D eigenvalue weighted by Gasteiger charge is -2.24. The van der Waals surface area contributed by atoms with Crippen molar-refractivity contribution in [3.63, 3.8) is 0 Å². The summed E-state index contributed by atoms with van der Waals surface area (Å²) >= 11 is 0. The van der Waals surface area contributed by atoms with Crippen LogP contribution >= 0.6 is 0 Å². The van der Waals surface area contributed by atoms with Gasteiger partial charge in [-0.2, -0.15) is 4.98 Å². The van der Waals surface area contributed by atoms with Gasteiger partial charge in [0.15, 0.2) is 5.82 Å². The van der Waals surface area contributed by atoms with Crippen LogP contribution in [0, 0.1) is 0 Å². The van der Waals surface area contributed by atoms with Crippen LogP contribution in [0.3, 0.4) is 0 Å². The fourth-order valence-electron chi connectivity index (χ4n) is 3.07. The number of rotatable bonds is 3. The van der Waals surface area contributed by atoms with Gasteiger partial charge in [0.2, 0.25) is 5.89 Å². The monoisotopic (exact) mass is 266 g/mol. The van der Waals surface area contributed by atoms with E-state index in [-0.39, 0.29) is 18.1 Å². The molecule has 1 aromatic heterocycles. The van der Waals surface area contributed by atoms with Crippen LogP contribution in [0.2, 0.25) is 0 Å². The van der Waals surface area contributed by atoms with Crippen LogP contribution in [0.1, 0.15) is 62.6 Å². The van der Waals surface area contributed by atoms with E-state index in [1.807, 2.05) is 0 Å². The average Bonchev–Trinajstić information content (AvgIpc) is 2.89. The lowest BCUT2D eigenvalue weighted by atomic mass is 9.86. The molecule has 0 spiro atoms. The van der Waals surface area contributed by atoms with Crippen LogP contribution in [0.5, 0.6) is 0 Å². The molecule has 0 amide bonds. The second-order valence-corrected chi connectivity index (χ2v) is 5.70. The molecule has 0 aromatic carbocycles. The summed E-state index contributed by atoms with van der Waals surface area (Å²) in [4.78, 5) is 4.46. The van der Waals surface area contributed by atoms with Gasteiger partial charge in [-0.25, -0.2) is 0 Å². The molecule has 3 rings (SSSR count). The van der Waals surface area contributed by atoms with Gasteiger partial charge in [0.25, 0.3) is 0 Å². The molecule has 1 aliphatic heterocycles. The van der Waals surface area contributed by atoms with E-state index in [0.717, 1.165) is 57.4 Å². The molecule has 1 aromatic rings. The Balaban J connectivity index is 1.61. The standard InChI is InChI=1S/C14H22N2O3/c17-12-7-2-1-6-11(12)14-15-13(16-19-14)9-10-5-3-4-8-18-10/h10-12,17H,1-9H2. The zero-order chi connectivity index (χ0) is 13.1. The highest BCUT2D eigenvalue weighted by atomic mass is 16.5. The quantitative estimate of drug-likeness (QED) is 0.908. The summed E-state index contributed by atoms with van der Waals surface area (Å²) in [5, 5.41) is 14.0. The summed E-state index contributed by atoms with van der Waals surface area (Å²) in [6.07, 6.45) is 8.10. The van der Waals surface area contributed by atoms with Crippen LogP contribution < -0.4 is 0 Å². The first-order chi connectivity index (χ1) is 9.33. The smallest absolute Gasteiger partial charge is 0.232 e. The van der Waals surface area contributed by atoms with Crippen molar-refractivity contribution in [3.8, 4) is 0 Å². The third-order valence-corrected chi connectivity index (χ3v) is 4.21. The van der Waals surface area contributed by atoms with Crippen molar-refractivity contribution in [2.24, 2.45) is 0 Å². The molecule has 2 heterocycles. The Morgan fingerprint density at radius 1 is 1.11 bits per heavy atom. The summed E-state index contributed by atoms with van der Waals surface area (Å²) in [6, 6.07) is 0. The molecule has 3 atom stereocenters. The van der Waals surface area contributed by atoms with Crippen molar-refractivity contribution in [2.75, 3.05) is 6.61 Å². The number of aromatic nitrogens is 2. The number of hydrogen-bond donors (Lipinski definition) is 1. The molecule has 5 nitrogen and oxygen atoms in total. The van der Waals surface area contributed by atoms with Crippen LogP contribution in [-0.4, -0.2) is 34.1 Å². The number of aliphatic hydroxyl groups is 1. The van der Waals surface area contributed by atoms with E-state index in [1.54, 1.807) is 0 Å². The molecule has 106 valence electrons. The van der Waals surface area contributed by atoms with Gasteiger partial charge >= 0.3 is 0 Å². The highest BCUT2D eigenvalue weighted by Gasteiger charge is 2.29. The summed E-state index contributed by atoms with van der Waals surface area (Å²) in [6.45, 7) is 0.844. The molecule has 2 fully saturated rings. The molecular weight excluding hydrogens is 244 g/mol. The Morgan fingerprint density at radius 2 is 1.95 bits per heavy atom. The minimum Gasteiger partial charge on any atom is -0.392 e. The first-order valence-corrected chi connectivity index (χ1v) is 7.45. The highest BCUT2D eigenvalue weighted by molar-refractivity contribution is 5.00. The molecule has 19 heavy (non-hydrogen) atoms. The summed E-state index contributed by atoms with van der Waals surface area (Å²) < 4.78 is 11.0. The van der Waals surface area contributed by atoms with Gasteiger partial charge in [0.1, 0.15) is 0 Å². The van der Waals surface area contributed by atoms with Crippen molar-refractivity contribution in [1.29, 1.82) is 0 Å². The van der Waals surface area contributed by atoms with Gasteiger partial charge < -0.3 is 14.4 Å². The Labute approximate surface area is 113 Å². The number of nitrogens with zero attached hydrogens (tertiary/aromatic N) is 2. The minimum atomic E-state index is -0.326. The summed E-state index contributed by atoms with van der Waals surface area (Å²) in [5.41, 5.74) is 0. The van der Waals surface area contributed by atoms with Crippen molar-refractivity contribution in [2.45, 2.75) is 69.5 Å². The van der Waals surface area contributed by atoms with E-state index >= 15 is 0 Å². The predicted molar refractivity (Wildman–Crippen MR) is 68.8 cm³/mol. The maximum atomic E-state index is 10.0. The third kappa shape index (κ3) is 3.15. The molecule has 1 aliphatic carbocycles. The molecule has 1 saturated carbocycles. The zero-order valence-electron chi connectivity index (χ0n) is 11.3. The average molecular weight is 266 g/mol. The van der Waals surface area contributed by atoms with Gasteiger partial charge in [-0.05, 0) is 32.1 Å². The van der Waals surface area contributed by atoms with Gasteiger partial charge in [-0.3, -0.25) is 0 Å². The van der Waals surface area contributed by atoms with E-state index in [2.05, 4.69) is 10.1 Å². The number of aliphatic hydroxyl groups excluding tert-OH is 1. The van der Waals surface area contributed by atoms with E-state index in [1.165, 1.54) is 6.42 Å². The Morgan fingerprint density at radius 3 is 2.74 bits per heavy atom. The van der Waals surface area contributed by atoms with Crippen molar-refractivity contribution < 1.29 is 14.4 Å². The largest absolute Gasteiger partial charge is 0.392 e. The third-order valence-electron chi connectivity index (χ3n) is 4.21. The molecule has 0 radical (unpaired) electrons. The minimum absolute atomic E-state index is 0.0299. The summed E-state index contributed by atoms with van der Waals surface area (Å²) in [5.74, 6) is 1.36. The maximum Gasteiger partial charge on any atom is 0.232 e.